The summed E-state index contributed by atoms with van der Waals surface area (Å²) in [6.07, 6.45) is 0. The predicted octanol–water partition coefficient (Wildman–Crippen LogP) is 4.35. The Labute approximate surface area is 188 Å². The number of hydrogen-bond acceptors (Lipinski definition) is 0. The molecule has 0 aliphatic heterocycles. The van der Waals surface area contributed by atoms with Gasteiger partial charge in [0, 0.05) is 0 Å². The standard InChI is InChI=1S/C30H25FTe/c31-32(26-16-6-1-7-17-26,27-18-8-2-9-19-27,28-20-10-3-11-21-28,29-22-12-4-13-23-29)30-24-14-5-15-25-30/h1-25H. The van der Waals surface area contributed by atoms with Gasteiger partial charge >= 0.3 is 189 Å². The zero-order valence-electron chi connectivity index (χ0n) is 17.7. The molecule has 0 nitrogen and oxygen atoms in total. The summed E-state index contributed by atoms with van der Waals surface area (Å²) in [5, 5.41) is 0. The van der Waals surface area contributed by atoms with Crippen molar-refractivity contribution in [2.45, 2.75) is 0 Å². The molecule has 0 saturated heterocycles. The summed E-state index contributed by atoms with van der Waals surface area (Å²) in [5.74, 6) is 0. The van der Waals surface area contributed by atoms with Crippen molar-refractivity contribution >= 4 is 34.1 Å². The monoisotopic (exact) mass is 534 g/mol. The van der Waals surface area contributed by atoms with Crippen LogP contribution in [0.15, 0.2) is 152 Å². The van der Waals surface area contributed by atoms with E-state index in [0.717, 1.165) is 18.1 Å². The molecule has 0 amide bonds. The second kappa shape index (κ2) is 7.45. The molecule has 0 unspecified atom stereocenters. The SMILES string of the molecule is F[Te](c1ccccc1)(c1ccccc1)(c1ccccc1)(c1ccccc1)c1ccccc1. The Morgan fingerprint density at radius 1 is 0.281 bits per heavy atom. The molecule has 0 bridgehead atoms. The Morgan fingerprint density at radius 2 is 0.438 bits per heavy atom. The number of hydrogen-bond donors (Lipinski definition) is 0. The van der Waals surface area contributed by atoms with Crippen LogP contribution < -0.4 is 18.1 Å². The molecule has 0 atom stereocenters. The van der Waals surface area contributed by atoms with Gasteiger partial charge < -0.3 is 0 Å². The molecule has 32 heavy (non-hydrogen) atoms. The molecule has 5 aromatic carbocycles. The van der Waals surface area contributed by atoms with Crippen LogP contribution in [0, 0.1) is 0 Å². The molecule has 0 aromatic heterocycles. The Hall–Kier alpha value is -3.18. The third-order valence-electron chi connectivity index (χ3n) is 6.52. The fourth-order valence-corrected chi connectivity index (χ4v) is 24.3. The van der Waals surface area contributed by atoms with Gasteiger partial charge in [-0.3, -0.25) is 0 Å². The first-order valence-corrected chi connectivity index (χ1v) is 17.4. The van der Waals surface area contributed by atoms with Gasteiger partial charge in [-0.05, 0) is 0 Å². The van der Waals surface area contributed by atoms with Gasteiger partial charge in [-0.25, -0.2) is 0 Å². The first-order valence-electron chi connectivity index (χ1n) is 10.7. The van der Waals surface area contributed by atoms with E-state index in [0.29, 0.717) is 0 Å². The van der Waals surface area contributed by atoms with Gasteiger partial charge in [0.25, 0.3) is 0 Å². The van der Waals surface area contributed by atoms with E-state index in [4.69, 9.17) is 0 Å². The zero-order valence-corrected chi connectivity index (χ0v) is 20.1. The van der Waals surface area contributed by atoms with Gasteiger partial charge in [0.1, 0.15) is 0 Å². The van der Waals surface area contributed by atoms with Crippen LogP contribution in [-0.2, 0) is 0 Å². The topological polar surface area (TPSA) is 0 Å². The van der Waals surface area contributed by atoms with E-state index in [1.807, 2.05) is 152 Å². The Balaban J connectivity index is 2.23. The van der Waals surface area contributed by atoms with Crippen LogP contribution in [-0.4, -0.2) is 16.0 Å². The molecule has 0 spiro atoms. The Bertz CT molecular complexity index is 1080. The van der Waals surface area contributed by atoms with Crippen LogP contribution >= 0.6 is 0 Å². The van der Waals surface area contributed by atoms with Crippen LogP contribution in [0.4, 0.5) is 2.89 Å². The van der Waals surface area contributed by atoms with Crippen LogP contribution in [0.1, 0.15) is 0 Å². The van der Waals surface area contributed by atoms with Crippen LogP contribution in [0.2, 0.25) is 0 Å². The van der Waals surface area contributed by atoms with Crippen molar-refractivity contribution in [2.75, 3.05) is 0 Å². The van der Waals surface area contributed by atoms with E-state index in [1.54, 1.807) is 0 Å². The van der Waals surface area contributed by atoms with Crippen molar-refractivity contribution in [1.82, 2.24) is 0 Å². The first kappa shape index (κ1) is 20.7. The van der Waals surface area contributed by atoms with Crippen molar-refractivity contribution in [3.8, 4) is 0 Å². The van der Waals surface area contributed by atoms with E-state index < -0.39 is 16.0 Å². The molecule has 0 fully saturated rings. The van der Waals surface area contributed by atoms with E-state index in [-0.39, 0.29) is 0 Å². The van der Waals surface area contributed by atoms with E-state index in [2.05, 4.69) is 0 Å². The molecular weight excluding hydrogens is 507 g/mol. The summed E-state index contributed by atoms with van der Waals surface area (Å²) < 4.78 is 24.1. The van der Waals surface area contributed by atoms with Crippen LogP contribution in [0.5, 0.6) is 0 Å². The summed E-state index contributed by atoms with van der Waals surface area (Å²) >= 11 is -6.51. The number of halogens is 1. The van der Waals surface area contributed by atoms with Gasteiger partial charge in [-0.2, -0.15) is 0 Å². The molecule has 158 valence electrons. The Morgan fingerprint density at radius 3 is 0.594 bits per heavy atom. The second-order valence-corrected chi connectivity index (χ2v) is 22.7. The Kier molecular flexibility index (Phi) is 4.82. The summed E-state index contributed by atoms with van der Waals surface area (Å²) in [7, 11) is 0. The minimum absolute atomic E-state index is 0.726. The zero-order chi connectivity index (χ0) is 22.0. The molecule has 5 aromatic rings. The molecule has 0 radical (unpaired) electrons. The van der Waals surface area contributed by atoms with Crippen LogP contribution in [0.3, 0.4) is 0 Å². The van der Waals surface area contributed by atoms with Gasteiger partial charge in [0.05, 0.1) is 0 Å². The van der Waals surface area contributed by atoms with Crippen molar-refractivity contribution in [1.29, 1.82) is 0 Å². The maximum absolute atomic E-state index is 20.4. The predicted molar refractivity (Wildman–Crippen MR) is 137 cm³/mol. The minimum atomic E-state index is -6.51. The van der Waals surface area contributed by atoms with Crippen molar-refractivity contribution < 1.29 is 2.89 Å². The van der Waals surface area contributed by atoms with Crippen molar-refractivity contribution in [3.63, 3.8) is 0 Å². The molecule has 0 heterocycles. The van der Waals surface area contributed by atoms with Crippen LogP contribution in [0.25, 0.3) is 0 Å². The van der Waals surface area contributed by atoms with E-state index >= 15 is 2.89 Å². The summed E-state index contributed by atoms with van der Waals surface area (Å²) in [6, 6.07) is 49.1. The third kappa shape index (κ3) is 2.37. The first-order chi connectivity index (χ1) is 15.7. The quantitative estimate of drug-likeness (QED) is 0.296. The summed E-state index contributed by atoms with van der Waals surface area (Å²) in [5.41, 5.74) is 0. The molecule has 2 heteroatoms. The molecule has 0 saturated carbocycles. The average Bonchev–Trinajstić information content (AvgIpc) is 2.91. The van der Waals surface area contributed by atoms with E-state index in [9.17, 15) is 0 Å². The molecule has 5 rings (SSSR count). The fourth-order valence-electron chi connectivity index (χ4n) is 5.08. The fraction of sp³-hybridized carbons (Fsp3) is 0. The van der Waals surface area contributed by atoms with Crippen molar-refractivity contribution in [2.24, 2.45) is 0 Å². The third-order valence-corrected chi connectivity index (χ3v) is 26.4. The van der Waals surface area contributed by atoms with Gasteiger partial charge in [0.2, 0.25) is 0 Å². The van der Waals surface area contributed by atoms with Gasteiger partial charge in [0.15, 0.2) is 0 Å². The van der Waals surface area contributed by atoms with Gasteiger partial charge in [-0.15, -0.1) is 0 Å². The van der Waals surface area contributed by atoms with Gasteiger partial charge in [-0.1, -0.05) is 0 Å². The maximum atomic E-state index is 20.4. The van der Waals surface area contributed by atoms with Crippen molar-refractivity contribution in [3.05, 3.63) is 152 Å². The summed E-state index contributed by atoms with van der Waals surface area (Å²) in [4.78, 5) is 0. The number of rotatable bonds is 5. The summed E-state index contributed by atoms with van der Waals surface area (Å²) in [6.45, 7) is 0. The molecule has 0 aliphatic rings. The average molecular weight is 532 g/mol. The normalized spacial score (nSPS) is 13.7. The molecule has 0 N–H and O–H groups in total. The molecule has 0 aliphatic carbocycles. The number of benzene rings is 5. The second-order valence-electron chi connectivity index (χ2n) is 7.97. The molecular formula is C30H25FTe. The van der Waals surface area contributed by atoms with E-state index in [1.165, 1.54) is 0 Å².